The summed E-state index contributed by atoms with van der Waals surface area (Å²) in [5, 5.41) is 0. The van der Waals surface area contributed by atoms with Crippen molar-refractivity contribution >= 4 is 33.4 Å². The number of rotatable bonds is 2. The average molecular weight is 358 g/mol. The van der Waals surface area contributed by atoms with Crippen molar-refractivity contribution in [3.63, 3.8) is 0 Å². The molecular formula is C14H17BrFN3O2. The minimum atomic E-state index is -0.583. The fraction of sp³-hybridized carbons (Fsp3) is 0.429. The third-order valence-electron chi connectivity index (χ3n) is 3.56. The normalized spacial score (nSPS) is 17.9. The van der Waals surface area contributed by atoms with Gasteiger partial charge in [-0.15, -0.1) is 0 Å². The van der Waals surface area contributed by atoms with Crippen LogP contribution in [0.3, 0.4) is 0 Å². The molecule has 114 valence electrons. The van der Waals surface area contributed by atoms with E-state index >= 15 is 0 Å². The van der Waals surface area contributed by atoms with E-state index in [1.54, 1.807) is 14.1 Å². The van der Waals surface area contributed by atoms with E-state index in [0.29, 0.717) is 17.4 Å². The molecule has 1 saturated heterocycles. The maximum absolute atomic E-state index is 13.4. The molecule has 2 N–H and O–H groups in total. The fourth-order valence-corrected chi connectivity index (χ4v) is 2.93. The predicted octanol–water partition coefficient (Wildman–Crippen LogP) is 1.86. The van der Waals surface area contributed by atoms with Crippen molar-refractivity contribution in [2.75, 3.05) is 26.4 Å². The van der Waals surface area contributed by atoms with E-state index in [0.717, 1.165) is 6.42 Å². The average Bonchev–Trinajstić information content (AvgIpc) is 2.90. The first-order valence-corrected chi connectivity index (χ1v) is 7.39. The van der Waals surface area contributed by atoms with E-state index in [1.807, 2.05) is 0 Å². The van der Waals surface area contributed by atoms with Crippen LogP contribution in [-0.4, -0.2) is 48.3 Å². The minimum absolute atomic E-state index is 0.0868. The Kier molecular flexibility index (Phi) is 4.51. The summed E-state index contributed by atoms with van der Waals surface area (Å²) in [6.45, 7) is 0.507. The monoisotopic (exact) mass is 357 g/mol. The summed E-state index contributed by atoms with van der Waals surface area (Å²) < 4.78 is 13.7. The molecule has 21 heavy (non-hydrogen) atoms. The molecule has 0 radical (unpaired) electrons. The highest BCUT2D eigenvalue weighted by Crippen LogP contribution is 2.27. The van der Waals surface area contributed by atoms with Gasteiger partial charge in [0.05, 0.1) is 11.3 Å². The number of benzene rings is 1. The van der Waals surface area contributed by atoms with Crippen LogP contribution in [0.5, 0.6) is 0 Å². The highest BCUT2D eigenvalue weighted by Gasteiger charge is 2.36. The molecule has 1 heterocycles. The van der Waals surface area contributed by atoms with Gasteiger partial charge in [0, 0.05) is 25.1 Å². The van der Waals surface area contributed by atoms with Gasteiger partial charge in [-0.3, -0.25) is 9.59 Å². The van der Waals surface area contributed by atoms with Gasteiger partial charge in [0.15, 0.2) is 0 Å². The smallest absolute Gasteiger partial charge is 0.255 e. The third kappa shape index (κ3) is 3.02. The Bertz CT molecular complexity index is 592. The summed E-state index contributed by atoms with van der Waals surface area (Å²) in [7, 11) is 3.32. The molecule has 0 aromatic heterocycles. The molecule has 1 unspecified atom stereocenters. The van der Waals surface area contributed by atoms with E-state index < -0.39 is 11.9 Å². The zero-order valence-electron chi connectivity index (χ0n) is 11.9. The summed E-state index contributed by atoms with van der Waals surface area (Å²) in [5.41, 5.74) is 5.71. The highest BCUT2D eigenvalue weighted by atomic mass is 79.9. The Morgan fingerprint density at radius 1 is 1.43 bits per heavy atom. The van der Waals surface area contributed by atoms with E-state index in [9.17, 15) is 14.0 Å². The number of anilines is 1. The molecule has 0 saturated carbocycles. The Labute approximate surface area is 131 Å². The molecule has 2 rings (SSSR count). The van der Waals surface area contributed by atoms with Gasteiger partial charge < -0.3 is 15.5 Å². The largest absolute Gasteiger partial charge is 0.396 e. The summed E-state index contributed by atoms with van der Waals surface area (Å²) in [6, 6.07) is 2.00. The number of nitrogens with two attached hydrogens (primary N) is 1. The van der Waals surface area contributed by atoms with E-state index in [1.165, 1.54) is 21.9 Å². The Balaban J connectivity index is 2.31. The van der Waals surface area contributed by atoms with Crippen molar-refractivity contribution in [3.05, 3.63) is 28.0 Å². The van der Waals surface area contributed by atoms with E-state index in [2.05, 4.69) is 15.9 Å². The molecule has 1 aliphatic heterocycles. The van der Waals surface area contributed by atoms with Crippen molar-refractivity contribution < 1.29 is 14.0 Å². The fourth-order valence-electron chi connectivity index (χ4n) is 2.45. The standard InChI is InChI=1S/C14H17BrFN3O2/c1-18(2)14(21)12-4-3-5-19(12)13(20)8-6-11(17)10(16)7-9(8)15/h6-7,12H,3-5,17H2,1-2H3. The molecule has 1 aromatic rings. The van der Waals surface area contributed by atoms with Gasteiger partial charge in [0.2, 0.25) is 5.91 Å². The van der Waals surface area contributed by atoms with E-state index in [4.69, 9.17) is 5.73 Å². The molecule has 0 spiro atoms. The molecule has 0 aliphatic carbocycles. The van der Waals surface area contributed by atoms with Gasteiger partial charge in [-0.25, -0.2) is 4.39 Å². The van der Waals surface area contributed by atoms with Gasteiger partial charge in [-0.2, -0.15) is 0 Å². The second-order valence-electron chi connectivity index (χ2n) is 5.24. The first-order valence-electron chi connectivity index (χ1n) is 6.59. The zero-order chi connectivity index (χ0) is 15.7. The van der Waals surface area contributed by atoms with Crippen LogP contribution in [0.15, 0.2) is 16.6 Å². The molecule has 0 bridgehead atoms. The quantitative estimate of drug-likeness (QED) is 0.821. The number of carbonyl (C=O) groups is 2. The van der Waals surface area contributed by atoms with Crippen LogP contribution in [0.2, 0.25) is 0 Å². The lowest BCUT2D eigenvalue weighted by molar-refractivity contribution is -0.132. The molecular weight excluding hydrogens is 341 g/mol. The molecule has 1 aliphatic rings. The molecule has 1 fully saturated rings. The van der Waals surface area contributed by atoms with Crippen LogP contribution in [0.25, 0.3) is 0 Å². The highest BCUT2D eigenvalue weighted by molar-refractivity contribution is 9.10. The van der Waals surface area contributed by atoms with Crippen LogP contribution < -0.4 is 5.73 Å². The Hall–Kier alpha value is -1.63. The first kappa shape index (κ1) is 15.8. The number of nitrogens with zero attached hydrogens (tertiary/aromatic N) is 2. The number of carbonyl (C=O) groups excluding carboxylic acids is 2. The van der Waals surface area contributed by atoms with Crippen LogP contribution in [0.1, 0.15) is 23.2 Å². The number of likely N-dealkylation sites (N-methyl/N-ethyl adjacent to an activating group) is 1. The lowest BCUT2D eigenvalue weighted by Crippen LogP contribution is -2.45. The van der Waals surface area contributed by atoms with Gasteiger partial charge in [0.25, 0.3) is 5.91 Å². The zero-order valence-corrected chi connectivity index (χ0v) is 13.5. The molecule has 1 atom stereocenters. The molecule has 7 heteroatoms. The summed E-state index contributed by atoms with van der Waals surface area (Å²) >= 11 is 3.18. The molecule has 1 aromatic carbocycles. The predicted molar refractivity (Wildman–Crippen MR) is 81.3 cm³/mol. The Morgan fingerprint density at radius 2 is 2.10 bits per heavy atom. The number of likely N-dealkylation sites (tertiary alicyclic amines) is 1. The number of halogens is 2. The summed E-state index contributed by atoms with van der Waals surface area (Å²) in [5.74, 6) is -1.00. The van der Waals surface area contributed by atoms with E-state index in [-0.39, 0.29) is 23.1 Å². The van der Waals surface area contributed by atoms with Crippen molar-refractivity contribution in [1.29, 1.82) is 0 Å². The SMILES string of the molecule is CN(C)C(=O)C1CCCN1C(=O)c1cc(N)c(F)cc1Br. The van der Waals surface area contributed by atoms with Crippen molar-refractivity contribution in [1.82, 2.24) is 9.80 Å². The van der Waals surface area contributed by atoms with Crippen molar-refractivity contribution in [2.24, 2.45) is 0 Å². The van der Waals surface area contributed by atoms with Gasteiger partial charge in [-0.1, -0.05) is 0 Å². The van der Waals surface area contributed by atoms with Gasteiger partial charge in [-0.05, 0) is 40.9 Å². The maximum Gasteiger partial charge on any atom is 0.255 e. The number of hydrogen-bond donors (Lipinski definition) is 1. The lowest BCUT2D eigenvalue weighted by atomic mass is 10.1. The first-order chi connectivity index (χ1) is 9.82. The lowest BCUT2D eigenvalue weighted by Gasteiger charge is -2.26. The summed E-state index contributed by atoms with van der Waals surface area (Å²) in [6.07, 6.45) is 1.40. The third-order valence-corrected chi connectivity index (χ3v) is 4.21. The molecule has 5 nitrogen and oxygen atoms in total. The van der Waals surface area contributed by atoms with Crippen LogP contribution in [0, 0.1) is 5.82 Å². The molecule has 2 amide bonds. The van der Waals surface area contributed by atoms with Crippen LogP contribution in [-0.2, 0) is 4.79 Å². The Morgan fingerprint density at radius 3 is 2.71 bits per heavy atom. The van der Waals surface area contributed by atoms with Crippen LogP contribution in [0.4, 0.5) is 10.1 Å². The maximum atomic E-state index is 13.4. The topological polar surface area (TPSA) is 66.6 Å². The second kappa shape index (κ2) is 6.01. The number of nitrogen functional groups attached to an aromatic ring is 1. The number of hydrogen-bond acceptors (Lipinski definition) is 3. The second-order valence-corrected chi connectivity index (χ2v) is 6.10. The number of amides is 2. The summed E-state index contributed by atoms with van der Waals surface area (Å²) in [4.78, 5) is 27.8. The van der Waals surface area contributed by atoms with Crippen molar-refractivity contribution in [2.45, 2.75) is 18.9 Å². The van der Waals surface area contributed by atoms with Crippen molar-refractivity contribution in [3.8, 4) is 0 Å². The van der Waals surface area contributed by atoms with Crippen LogP contribution >= 0.6 is 15.9 Å². The van der Waals surface area contributed by atoms with Gasteiger partial charge in [0.1, 0.15) is 11.9 Å². The van der Waals surface area contributed by atoms with Gasteiger partial charge >= 0.3 is 0 Å². The minimum Gasteiger partial charge on any atom is -0.396 e.